The Morgan fingerprint density at radius 2 is 1.91 bits per heavy atom. The molecule has 1 saturated heterocycles. The van der Waals surface area contributed by atoms with E-state index < -0.39 is 17.5 Å². The van der Waals surface area contributed by atoms with Gasteiger partial charge in [-0.25, -0.2) is 4.39 Å². The summed E-state index contributed by atoms with van der Waals surface area (Å²) < 4.78 is 27.0. The average molecular weight is 476 g/mol. The number of nitrogens with two attached hydrogens (primary N) is 2. The number of rotatable bonds is 8. The van der Waals surface area contributed by atoms with Crippen LogP contribution in [0.1, 0.15) is 25.3 Å². The van der Waals surface area contributed by atoms with Crippen LogP contribution in [0.2, 0.25) is 0 Å². The molecule has 3 unspecified atom stereocenters. The van der Waals surface area contributed by atoms with E-state index in [9.17, 15) is 4.39 Å². The van der Waals surface area contributed by atoms with Gasteiger partial charge in [0.25, 0.3) is 0 Å². The third-order valence-electron chi connectivity index (χ3n) is 6.03. The third-order valence-corrected chi connectivity index (χ3v) is 6.36. The SMILES string of the molecule is CC1(F)C=NC(Cl)N(c2ccccc2OCc2cc(N)ccc2OCCN2CCCC2)C1N. The highest BCUT2D eigenvalue weighted by molar-refractivity contribution is 6.22. The molecule has 0 aromatic heterocycles. The lowest BCUT2D eigenvalue weighted by Gasteiger charge is -2.41. The third kappa shape index (κ3) is 5.51. The van der Waals surface area contributed by atoms with E-state index in [1.807, 2.05) is 30.3 Å². The van der Waals surface area contributed by atoms with Crippen molar-refractivity contribution in [1.82, 2.24) is 4.90 Å². The van der Waals surface area contributed by atoms with E-state index in [4.69, 9.17) is 32.5 Å². The van der Waals surface area contributed by atoms with E-state index in [-0.39, 0.29) is 6.61 Å². The van der Waals surface area contributed by atoms with Gasteiger partial charge in [-0.05, 0) is 63.2 Å². The number of anilines is 2. The van der Waals surface area contributed by atoms with Crippen LogP contribution in [0.15, 0.2) is 47.5 Å². The monoisotopic (exact) mass is 475 g/mol. The van der Waals surface area contributed by atoms with Crippen LogP contribution in [0, 0.1) is 0 Å². The number of nitrogens with zero attached hydrogens (tertiary/aromatic N) is 3. The van der Waals surface area contributed by atoms with E-state index in [0.29, 0.717) is 23.7 Å². The summed E-state index contributed by atoms with van der Waals surface area (Å²) in [4.78, 5) is 7.97. The van der Waals surface area contributed by atoms with E-state index in [1.165, 1.54) is 24.7 Å². The molecule has 0 amide bonds. The molecule has 2 aliphatic heterocycles. The van der Waals surface area contributed by atoms with Gasteiger partial charge in [-0.2, -0.15) is 0 Å². The second kappa shape index (κ2) is 10.2. The van der Waals surface area contributed by atoms with E-state index in [1.54, 1.807) is 12.1 Å². The van der Waals surface area contributed by atoms with Crippen molar-refractivity contribution in [1.29, 1.82) is 0 Å². The molecule has 2 aliphatic rings. The van der Waals surface area contributed by atoms with Gasteiger partial charge >= 0.3 is 0 Å². The fraction of sp³-hybridized carbons (Fsp3) is 0.458. The Labute approximate surface area is 199 Å². The number of alkyl halides is 2. The van der Waals surface area contributed by atoms with Crippen LogP contribution >= 0.6 is 11.6 Å². The minimum atomic E-state index is -1.83. The zero-order chi connectivity index (χ0) is 23.4. The lowest BCUT2D eigenvalue weighted by Crippen LogP contribution is -2.60. The van der Waals surface area contributed by atoms with Crippen molar-refractivity contribution in [3.8, 4) is 11.5 Å². The lowest BCUT2D eigenvalue weighted by molar-refractivity contribution is 0.220. The van der Waals surface area contributed by atoms with Gasteiger partial charge < -0.3 is 25.8 Å². The zero-order valence-electron chi connectivity index (χ0n) is 18.8. The number of hydrogen-bond donors (Lipinski definition) is 2. The van der Waals surface area contributed by atoms with Crippen molar-refractivity contribution >= 4 is 29.2 Å². The standard InChI is InChI=1S/C24H31ClFN5O2/c1-24(26)16-29-23(25)31(22(24)28)19-6-2-3-7-21(19)33-15-17-14-18(27)8-9-20(17)32-13-12-30-10-4-5-11-30/h2-3,6-9,14,16,22-23H,4-5,10-13,15,27-28H2,1H3. The first-order chi connectivity index (χ1) is 15.8. The van der Waals surface area contributed by atoms with Crippen molar-refractivity contribution in [3.63, 3.8) is 0 Å². The molecule has 7 nitrogen and oxygen atoms in total. The fourth-order valence-electron chi connectivity index (χ4n) is 4.12. The number of halogens is 2. The Bertz CT molecular complexity index is 983. The highest BCUT2D eigenvalue weighted by Crippen LogP contribution is 2.37. The summed E-state index contributed by atoms with van der Waals surface area (Å²) in [6.07, 6.45) is 2.64. The smallest absolute Gasteiger partial charge is 0.198 e. The van der Waals surface area contributed by atoms with Crippen LogP contribution < -0.4 is 25.8 Å². The molecule has 178 valence electrons. The number of hydrogen-bond acceptors (Lipinski definition) is 7. The molecule has 9 heteroatoms. The van der Waals surface area contributed by atoms with Crippen LogP contribution in [-0.2, 0) is 6.61 Å². The average Bonchev–Trinajstić information content (AvgIpc) is 3.31. The zero-order valence-corrected chi connectivity index (χ0v) is 19.5. The Hall–Kier alpha value is -2.55. The maximum atomic E-state index is 14.8. The molecule has 4 N–H and O–H groups in total. The fourth-order valence-corrected chi connectivity index (χ4v) is 4.40. The molecule has 3 atom stereocenters. The van der Waals surface area contributed by atoms with Crippen LogP contribution in [-0.4, -0.2) is 54.8 Å². The maximum Gasteiger partial charge on any atom is 0.198 e. The van der Waals surface area contributed by atoms with Gasteiger partial charge in [-0.3, -0.25) is 9.89 Å². The van der Waals surface area contributed by atoms with Gasteiger partial charge in [0.15, 0.2) is 11.3 Å². The molecule has 2 heterocycles. The van der Waals surface area contributed by atoms with E-state index in [2.05, 4.69) is 9.89 Å². The topological polar surface area (TPSA) is 89.3 Å². The Balaban J connectivity index is 1.49. The Kier molecular flexibility index (Phi) is 7.26. The van der Waals surface area contributed by atoms with Crippen molar-refractivity contribution in [2.45, 2.75) is 43.8 Å². The summed E-state index contributed by atoms with van der Waals surface area (Å²) in [5, 5.41) is 0. The Morgan fingerprint density at radius 3 is 2.70 bits per heavy atom. The number of likely N-dealkylation sites (tertiary alicyclic amines) is 1. The highest BCUT2D eigenvalue weighted by atomic mass is 35.5. The minimum Gasteiger partial charge on any atom is -0.492 e. The number of nitrogen functional groups attached to an aromatic ring is 1. The summed E-state index contributed by atoms with van der Waals surface area (Å²) in [6.45, 7) is 5.32. The normalized spacial score (nSPS) is 25.4. The predicted octanol–water partition coefficient (Wildman–Crippen LogP) is 3.75. The first-order valence-corrected chi connectivity index (χ1v) is 11.7. The van der Waals surface area contributed by atoms with E-state index >= 15 is 0 Å². The molecular weight excluding hydrogens is 445 g/mol. The molecular formula is C24H31ClFN5O2. The molecule has 2 aromatic carbocycles. The number of para-hydroxylation sites is 2. The maximum absolute atomic E-state index is 14.8. The van der Waals surface area contributed by atoms with E-state index in [0.717, 1.165) is 37.2 Å². The first kappa shape index (κ1) is 23.6. The summed E-state index contributed by atoms with van der Waals surface area (Å²) >= 11 is 6.37. The second-order valence-electron chi connectivity index (χ2n) is 8.61. The van der Waals surface area contributed by atoms with Crippen LogP contribution in [0.4, 0.5) is 15.8 Å². The summed E-state index contributed by atoms with van der Waals surface area (Å²) in [7, 11) is 0. The minimum absolute atomic E-state index is 0.216. The number of aliphatic imine (C=N–C) groups is 1. The number of benzene rings is 2. The van der Waals surface area contributed by atoms with Gasteiger partial charge in [0.2, 0.25) is 0 Å². The van der Waals surface area contributed by atoms with Gasteiger partial charge in [0.1, 0.15) is 30.9 Å². The van der Waals surface area contributed by atoms with Crippen LogP contribution in [0.5, 0.6) is 11.5 Å². The Morgan fingerprint density at radius 1 is 1.15 bits per heavy atom. The highest BCUT2D eigenvalue weighted by Gasteiger charge is 2.41. The summed E-state index contributed by atoms with van der Waals surface area (Å²) in [5.74, 6) is 1.24. The molecule has 4 rings (SSSR count). The van der Waals surface area contributed by atoms with Crippen molar-refractivity contribution in [2.75, 3.05) is 36.9 Å². The van der Waals surface area contributed by atoms with Gasteiger partial charge in [0.05, 0.1) is 5.69 Å². The largest absolute Gasteiger partial charge is 0.492 e. The molecule has 0 radical (unpaired) electrons. The van der Waals surface area contributed by atoms with Crippen molar-refractivity contribution in [3.05, 3.63) is 48.0 Å². The van der Waals surface area contributed by atoms with Crippen molar-refractivity contribution < 1.29 is 13.9 Å². The van der Waals surface area contributed by atoms with Gasteiger partial charge in [-0.15, -0.1) is 0 Å². The molecule has 0 bridgehead atoms. The van der Waals surface area contributed by atoms with Gasteiger partial charge in [0, 0.05) is 24.0 Å². The lowest BCUT2D eigenvalue weighted by atomic mass is 10.0. The summed E-state index contributed by atoms with van der Waals surface area (Å²) in [6, 6.07) is 12.7. The predicted molar refractivity (Wildman–Crippen MR) is 131 cm³/mol. The molecule has 0 aliphatic carbocycles. The quantitative estimate of drug-likeness (QED) is 0.343. The van der Waals surface area contributed by atoms with Crippen LogP contribution in [0.3, 0.4) is 0 Å². The van der Waals surface area contributed by atoms with Gasteiger partial charge in [-0.1, -0.05) is 23.7 Å². The van der Waals surface area contributed by atoms with Crippen LogP contribution in [0.25, 0.3) is 0 Å². The van der Waals surface area contributed by atoms with Crippen molar-refractivity contribution in [2.24, 2.45) is 10.7 Å². The molecule has 33 heavy (non-hydrogen) atoms. The molecule has 0 saturated carbocycles. The first-order valence-electron chi connectivity index (χ1n) is 11.2. The second-order valence-corrected chi connectivity index (χ2v) is 9.00. The number of ether oxygens (including phenoxy) is 2. The summed E-state index contributed by atoms with van der Waals surface area (Å²) in [5.41, 5.74) is 11.5. The molecule has 2 aromatic rings. The molecule has 0 spiro atoms. The molecule has 1 fully saturated rings.